The van der Waals surface area contributed by atoms with Crippen LogP contribution in [0.3, 0.4) is 0 Å². The van der Waals surface area contributed by atoms with Crippen molar-refractivity contribution in [3.63, 3.8) is 0 Å². The minimum Gasteiger partial charge on any atom is -0.264 e. The number of rotatable bonds is 4. The number of hydrogen-bond acceptors (Lipinski definition) is 2. The van der Waals surface area contributed by atoms with Gasteiger partial charge in [0.15, 0.2) is 0 Å². The predicted octanol–water partition coefficient (Wildman–Crippen LogP) is 4.09. The second-order valence-electron chi connectivity index (χ2n) is 4.04. The van der Waals surface area contributed by atoms with Gasteiger partial charge in [0.25, 0.3) is 0 Å². The van der Waals surface area contributed by atoms with Crippen LogP contribution in [0.15, 0.2) is 36.7 Å². The zero-order valence-electron chi connectivity index (χ0n) is 9.81. The minimum atomic E-state index is 0.627. The normalized spacial score (nSPS) is 12.9. The van der Waals surface area contributed by atoms with E-state index in [9.17, 15) is 0 Å². The van der Waals surface area contributed by atoms with Crippen molar-refractivity contribution in [3.05, 3.63) is 42.2 Å². The molecule has 1 unspecified atom stereocenters. The van der Waals surface area contributed by atoms with Crippen molar-refractivity contribution < 1.29 is 0 Å². The maximum absolute atomic E-state index is 4.13. The molecule has 2 heteroatoms. The van der Waals surface area contributed by atoms with Gasteiger partial charge in [0.05, 0.1) is 0 Å². The summed E-state index contributed by atoms with van der Waals surface area (Å²) in [5, 5.41) is 2.52. The Labute approximate surface area is 101 Å². The average Bonchev–Trinajstić information content (AvgIpc) is 2.35. The van der Waals surface area contributed by atoms with E-state index in [1.54, 1.807) is 0 Å². The summed E-state index contributed by atoms with van der Waals surface area (Å²) in [7, 11) is 0. The third-order valence-electron chi connectivity index (χ3n) is 2.81. The SMILES string of the molecule is CCSCC(C)c1ccc2cnccc2c1. The zero-order chi connectivity index (χ0) is 11.4. The van der Waals surface area contributed by atoms with Crippen molar-refractivity contribution in [1.82, 2.24) is 4.98 Å². The highest BCUT2D eigenvalue weighted by atomic mass is 32.2. The second kappa shape index (κ2) is 5.35. The summed E-state index contributed by atoms with van der Waals surface area (Å²) < 4.78 is 0. The maximum Gasteiger partial charge on any atom is 0.0346 e. The highest BCUT2D eigenvalue weighted by Gasteiger charge is 2.05. The molecule has 0 aliphatic heterocycles. The molecule has 0 aliphatic rings. The van der Waals surface area contributed by atoms with Crippen LogP contribution in [0.25, 0.3) is 10.8 Å². The standard InChI is InChI=1S/C14H17NS/c1-3-16-10-11(2)12-4-5-14-9-15-7-6-13(14)8-12/h4-9,11H,3,10H2,1-2H3. The minimum absolute atomic E-state index is 0.627. The third kappa shape index (κ3) is 2.56. The first kappa shape index (κ1) is 11.5. The Bertz CT molecular complexity index is 467. The molecule has 2 aromatic rings. The van der Waals surface area contributed by atoms with Crippen LogP contribution in [0.2, 0.25) is 0 Å². The van der Waals surface area contributed by atoms with E-state index in [0.29, 0.717) is 5.92 Å². The van der Waals surface area contributed by atoms with E-state index in [0.717, 1.165) is 0 Å². The first-order valence-electron chi connectivity index (χ1n) is 5.72. The summed E-state index contributed by atoms with van der Waals surface area (Å²) in [4.78, 5) is 4.13. The molecule has 0 N–H and O–H groups in total. The molecular weight excluding hydrogens is 214 g/mol. The molecule has 0 aliphatic carbocycles. The molecule has 1 nitrogen and oxygen atoms in total. The summed E-state index contributed by atoms with van der Waals surface area (Å²) in [6.45, 7) is 4.51. The summed E-state index contributed by atoms with van der Waals surface area (Å²) >= 11 is 2.00. The van der Waals surface area contributed by atoms with Crippen LogP contribution >= 0.6 is 11.8 Å². The largest absolute Gasteiger partial charge is 0.264 e. The van der Waals surface area contributed by atoms with E-state index in [-0.39, 0.29) is 0 Å². The van der Waals surface area contributed by atoms with Crippen LogP contribution in [0, 0.1) is 0 Å². The molecule has 2 rings (SSSR count). The van der Waals surface area contributed by atoms with E-state index in [4.69, 9.17) is 0 Å². The number of aromatic nitrogens is 1. The number of thioether (sulfide) groups is 1. The molecule has 1 aromatic carbocycles. The lowest BCUT2D eigenvalue weighted by molar-refractivity contribution is 0.883. The summed E-state index contributed by atoms with van der Waals surface area (Å²) in [6, 6.07) is 8.77. The van der Waals surface area contributed by atoms with Crippen LogP contribution in [-0.4, -0.2) is 16.5 Å². The Morgan fingerprint density at radius 2 is 2.12 bits per heavy atom. The molecule has 16 heavy (non-hydrogen) atoms. The van der Waals surface area contributed by atoms with Gasteiger partial charge in [0.2, 0.25) is 0 Å². The van der Waals surface area contributed by atoms with Gasteiger partial charge in [-0.15, -0.1) is 0 Å². The smallest absolute Gasteiger partial charge is 0.0346 e. The molecule has 84 valence electrons. The van der Waals surface area contributed by atoms with Crippen LogP contribution < -0.4 is 0 Å². The summed E-state index contributed by atoms with van der Waals surface area (Å²) in [5.74, 6) is 3.03. The van der Waals surface area contributed by atoms with E-state index in [1.165, 1.54) is 27.8 Å². The maximum atomic E-state index is 4.13. The van der Waals surface area contributed by atoms with Gasteiger partial charge in [-0.2, -0.15) is 11.8 Å². The summed E-state index contributed by atoms with van der Waals surface area (Å²) in [6.07, 6.45) is 3.78. The quantitative estimate of drug-likeness (QED) is 0.786. The fourth-order valence-electron chi connectivity index (χ4n) is 1.80. The Balaban J connectivity index is 2.25. The Morgan fingerprint density at radius 3 is 2.94 bits per heavy atom. The molecule has 0 fully saturated rings. The molecule has 0 saturated carbocycles. The molecule has 1 aromatic heterocycles. The first-order valence-corrected chi connectivity index (χ1v) is 6.88. The van der Waals surface area contributed by atoms with Gasteiger partial charge in [0.1, 0.15) is 0 Å². The highest BCUT2D eigenvalue weighted by Crippen LogP contribution is 2.23. The van der Waals surface area contributed by atoms with Crippen molar-refractivity contribution in [2.24, 2.45) is 0 Å². The number of hydrogen-bond donors (Lipinski definition) is 0. The second-order valence-corrected chi connectivity index (χ2v) is 5.36. The third-order valence-corrected chi connectivity index (χ3v) is 3.95. The van der Waals surface area contributed by atoms with E-state index >= 15 is 0 Å². The van der Waals surface area contributed by atoms with Gasteiger partial charge in [-0.05, 0) is 34.4 Å². The number of fused-ring (bicyclic) bond motifs is 1. The lowest BCUT2D eigenvalue weighted by Crippen LogP contribution is -1.97. The van der Waals surface area contributed by atoms with Crippen molar-refractivity contribution >= 4 is 22.5 Å². The molecule has 0 amide bonds. The Kier molecular flexibility index (Phi) is 3.83. The highest BCUT2D eigenvalue weighted by molar-refractivity contribution is 7.99. The van der Waals surface area contributed by atoms with Crippen LogP contribution in [0.5, 0.6) is 0 Å². The van der Waals surface area contributed by atoms with E-state index in [1.807, 2.05) is 24.2 Å². The molecule has 0 radical (unpaired) electrons. The molecular formula is C14H17NS. The molecule has 0 saturated heterocycles. The van der Waals surface area contributed by atoms with Gasteiger partial charge in [-0.3, -0.25) is 4.98 Å². The van der Waals surface area contributed by atoms with E-state index < -0.39 is 0 Å². The number of nitrogens with zero attached hydrogens (tertiary/aromatic N) is 1. The lowest BCUT2D eigenvalue weighted by atomic mass is 10.0. The number of benzene rings is 1. The van der Waals surface area contributed by atoms with Crippen molar-refractivity contribution in [3.8, 4) is 0 Å². The molecule has 0 spiro atoms. The Hall–Kier alpha value is -1.02. The van der Waals surface area contributed by atoms with Crippen molar-refractivity contribution in [2.45, 2.75) is 19.8 Å². The van der Waals surface area contributed by atoms with Gasteiger partial charge in [0, 0.05) is 17.8 Å². The van der Waals surface area contributed by atoms with Crippen molar-refractivity contribution in [2.75, 3.05) is 11.5 Å². The zero-order valence-corrected chi connectivity index (χ0v) is 10.6. The van der Waals surface area contributed by atoms with Crippen LogP contribution in [-0.2, 0) is 0 Å². The van der Waals surface area contributed by atoms with Crippen molar-refractivity contribution in [1.29, 1.82) is 0 Å². The van der Waals surface area contributed by atoms with Crippen LogP contribution in [0.1, 0.15) is 25.3 Å². The molecule has 0 bridgehead atoms. The molecule has 1 atom stereocenters. The van der Waals surface area contributed by atoms with Gasteiger partial charge < -0.3 is 0 Å². The van der Waals surface area contributed by atoms with Crippen LogP contribution in [0.4, 0.5) is 0 Å². The van der Waals surface area contributed by atoms with Gasteiger partial charge in [-0.1, -0.05) is 32.0 Å². The fraction of sp³-hybridized carbons (Fsp3) is 0.357. The van der Waals surface area contributed by atoms with Gasteiger partial charge in [-0.25, -0.2) is 0 Å². The number of pyridine rings is 1. The topological polar surface area (TPSA) is 12.9 Å². The first-order chi connectivity index (χ1) is 7.81. The van der Waals surface area contributed by atoms with Gasteiger partial charge >= 0.3 is 0 Å². The summed E-state index contributed by atoms with van der Waals surface area (Å²) in [5.41, 5.74) is 1.43. The average molecular weight is 231 g/mol. The predicted molar refractivity (Wildman–Crippen MR) is 73.2 cm³/mol. The fourth-order valence-corrected chi connectivity index (χ4v) is 2.58. The van der Waals surface area contributed by atoms with E-state index in [2.05, 4.69) is 43.1 Å². The lowest BCUT2D eigenvalue weighted by Gasteiger charge is -2.11. The molecule has 1 heterocycles. The Morgan fingerprint density at radius 1 is 1.25 bits per heavy atom. The monoisotopic (exact) mass is 231 g/mol.